The van der Waals surface area contributed by atoms with Crippen molar-refractivity contribution in [1.82, 2.24) is 0 Å². The van der Waals surface area contributed by atoms with Crippen LogP contribution in [0, 0.1) is 0 Å². The number of carbonyl (C=O) groups is 2. The molecule has 2 aliphatic rings. The summed E-state index contributed by atoms with van der Waals surface area (Å²) in [7, 11) is 0. The molecule has 7 nitrogen and oxygen atoms in total. The summed E-state index contributed by atoms with van der Waals surface area (Å²) >= 11 is 0. The normalized spacial score (nSPS) is 22.6. The van der Waals surface area contributed by atoms with Crippen molar-refractivity contribution in [2.75, 3.05) is 0 Å². The van der Waals surface area contributed by atoms with Crippen molar-refractivity contribution in [2.45, 2.75) is 198 Å². The van der Waals surface area contributed by atoms with Crippen LogP contribution in [-0.4, -0.2) is 63.7 Å². The molecule has 0 saturated carbocycles. The SMILES string of the molecule is CCCCCCCCCCCCC(O)[C@H]1CCC([C@H](O)CCCC(=O)CCCCCCC(O)CC2=CC(C)OC2=O)O1. The Morgan fingerprint density at radius 3 is 1.83 bits per heavy atom. The summed E-state index contributed by atoms with van der Waals surface area (Å²) in [6.45, 7) is 4.06. The van der Waals surface area contributed by atoms with E-state index in [0.717, 1.165) is 51.4 Å². The number of Topliss-reactive ketones (excluding diaryl/α,β-unsaturated/α-hetero) is 1. The van der Waals surface area contributed by atoms with Crippen LogP contribution in [0.25, 0.3) is 0 Å². The van der Waals surface area contributed by atoms with Gasteiger partial charge in [0.2, 0.25) is 0 Å². The zero-order chi connectivity index (χ0) is 30.6. The summed E-state index contributed by atoms with van der Waals surface area (Å²) in [6.07, 6.45) is 21.6. The van der Waals surface area contributed by atoms with Crippen molar-refractivity contribution in [3.63, 3.8) is 0 Å². The van der Waals surface area contributed by atoms with Crippen molar-refractivity contribution >= 4 is 11.8 Å². The minimum absolute atomic E-state index is 0.175. The van der Waals surface area contributed by atoms with Crippen molar-refractivity contribution in [3.05, 3.63) is 11.6 Å². The van der Waals surface area contributed by atoms with Crippen LogP contribution in [0.15, 0.2) is 11.6 Å². The van der Waals surface area contributed by atoms with Crippen LogP contribution in [0.2, 0.25) is 0 Å². The fourth-order valence-electron chi connectivity index (χ4n) is 6.29. The van der Waals surface area contributed by atoms with Gasteiger partial charge in [0.15, 0.2) is 0 Å². The molecule has 0 aliphatic carbocycles. The Kier molecular flexibility index (Phi) is 19.6. The van der Waals surface area contributed by atoms with Gasteiger partial charge in [-0.05, 0) is 57.9 Å². The average molecular weight is 595 g/mol. The van der Waals surface area contributed by atoms with Gasteiger partial charge in [0.05, 0.1) is 30.5 Å². The van der Waals surface area contributed by atoms with E-state index < -0.39 is 18.3 Å². The lowest BCUT2D eigenvalue weighted by Gasteiger charge is -2.22. The third-order valence-corrected chi connectivity index (χ3v) is 8.94. The Morgan fingerprint density at radius 1 is 0.762 bits per heavy atom. The van der Waals surface area contributed by atoms with Gasteiger partial charge in [-0.25, -0.2) is 4.79 Å². The van der Waals surface area contributed by atoms with Crippen molar-refractivity contribution in [1.29, 1.82) is 0 Å². The van der Waals surface area contributed by atoms with Crippen LogP contribution in [0.1, 0.15) is 162 Å². The van der Waals surface area contributed by atoms with Gasteiger partial charge in [-0.1, -0.05) is 90.4 Å². The van der Waals surface area contributed by atoms with E-state index >= 15 is 0 Å². The van der Waals surface area contributed by atoms with Crippen molar-refractivity contribution in [3.8, 4) is 0 Å². The number of aliphatic hydroxyl groups excluding tert-OH is 3. The summed E-state index contributed by atoms with van der Waals surface area (Å²) in [6, 6.07) is 0. The Morgan fingerprint density at radius 2 is 1.26 bits per heavy atom. The van der Waals surface area contributed by atoms with Crippen LogP contribution in [0.3, 0.4) is 0 Å². The minimum atomic E-state index is -0.580. The predicted octanol–water partition coefficient (Wildman–Crippen LogP) is 7.27. The Bertz CT molecular complexity index is 766. The Hall–Kier alpha value is -1.28. The number of ketones is 1. The monoisotopic (exact) mass is 594 g/mol. The third kappa shape index (κ3) is 16.0. The van der Waals surface area contributed by atoms with Crippen molar-refractivity contribution in [2.24, 2.45) is 0 Å². The largest absolute Gasteiger partial charge is 0.455 e. The molecule has 42 heavy (non-hydrogen) atoms. The number of aliphatic hydroxyl groups is 3. The van der Waals surface area contributed by atoms with Gasteiger partial charge in [-0.2, -0.15) is 0 Å². The maximum atomic E-state index is 12.3. The summed E-state index contributed by atoms with van der Waals surface area (Å²) < 4.78 is 11.1. The second-order valence-electron chi connectivity index (χ2n) is 12.9. The number of cyclic esters (lactones) is 1. The molecule has 2 heterocycles. The molecule has 0 spiro atoms. The second-order valence-corrected chi connectivity index (χ2v) is 12.9. The molecule has 0 aromatic carbocycles. The molecule has 0 radical (unpaired) electrons. The van der Waals surface area contributed by atoms with Gasteiger partial charge in [-0.3, -0.25) is 4.79 Å². The molecule has 4 unspecified atom stereocenters. The van der Waals surface area contributed by atoms with Gasteiger partial charge in [0.1, 0.15) is 11.9 Å². The zero-order valence-electron chi connectivity index (χ0n) is 26.8. The third-order valence-electron chi connectivity index (χ3n) is 8.94. The van der Waals surface area contributed by atoms with Crippen LogP contribution in [-0.2, 0) is 19.1 Å². The maximum absolute atomic E-state index is 12.3. The zero-order valence-corrected chi connectivity index (χ0v) is 26.8. The molecular formula is C35H62O7. The molecule has 0 aromatic heterocycles. The van der Waals surface area contributed by atoms with E-state index in [1.54, 1.807) is 6.08 Å². The molecule has 6 atom stereocenters. The number of carbonyl (C=O) groups excluding carboxylic acids is 2. The molecular weight excluding hydrogens is 532 g/mol. The highest BCUT2D eigenvalue weighted by Gasteiger charge is 2.34. The molecule has 2 aliphatic heterocycles. The van der Waals surface area contributed by atoms with Gasteiger partial charge in [-0.15, -0.1) is 0 Å². The fraction of sp³-hybridized carbons (Fsp3) is 0.886. The Balaban J connectivity index is 1.42. The first-order chi connectivity index (χ1) is 20.3. The highest BCUT2D eigenvalue weighted by Crippen LogP contribution is 2.28. The van der Waals surface area contributed by atoms with E-state index in [2.05, 4.69) is 6.92 Å². The van der Waals surface area contributed by atoms with E-state index in [1.165, 1.54) is 57.8 Å². The van der Waals surface area contributed by atoms with E-state index in [4.69, 9.17) is 9.47 Å². The van der Waals surface area contributed by atoms with Gasteiger partial charge >= 0.3 is 5.97 Å². The molecule has 3 N–H and O–H groups in total. The summed E-state index contributed by atoms with van der Waals surface area (Å²) in [5.41, 5.74) is 0.571. The lowest BCUT2D eigenvalue weighted by molar-refractivity contribution is -0.139. The Labute approximate surface area is 255 Å². The highest BCUT2D eigenvalue weighted by molar-refractivity contribution is 5.90. The molecule has 1 fully saturated rings. The van der Waals surface area contributed by atoms with Gasteiger partial charge in [0.25, 0.3) is 0 Å². The van der Waals surface area contributed by atoms with Crippen LogP contribution in [0.4, 0.5) is 0 Å². The first-order valence-electron chi connectivity index (χ1n) is 17.4. The molecule has 2 rings (SSSR count). The topological polar surface area (TPSA) is 113 Å². The van der Waals surface area contributed by atoms with Crippen LogP contribution < -0.4 is 0 Å². The van der Waals surface area contributed by atoms with E-state index in [0.29, 0.717) is 44.1 Å². The average Bonchev–Trinajstić information content (AvgIpc) is 3.57. The number of esters is 1. The lowest BCUT2D eigenvalue weighted by Crippen LogP contribution is -2.31. The maximum Gasteiger partial charge on any atom is 0.334 e. The lowest BCUT2D eigenvalue weighted by atomic mass is 9.99. The first-order valence-corrected chi connectivity index (χ1v) is 17.4. The van der Waals surface area contributed by atoms with E-state index in [1.807, 2.05) is 6.92 Å². The number of ether oxygens (including phenoxy) is 2. The van der Waals surface area contributed by atoms with Gasteiger partial charge in [0, 0.05) is 24.8 Å². The van der Waals surface area contributed by atoms with Gasteiger partial charge < -0.3 is 24.8 Å². The van der Waals surface area contributed by atoms with Crippen LogP contribution in [0.5, 0.6) is 0 Å². The molecule has 244 valence electrons. The number of unbranched alkanes of at least 4 members (excludes halogenated alkanes) is 12. The first kappa shape index (κ1) is 36.9. The van der Waals surface area contributed by atoms with E-state index in [9.17, 15) is 24.9 Å². The standard InChI is InChI=1S/C35H62O7/c1-3-4-5-6-7-8-9-10-11-16-21-31(38)33-23-24-34(42-33)32(39)22-17-20-29(36)18-14-12-13-15-19-30(37)26-28-25-27(2)41-35(28)40/h25,27,30-34,37-39H,3-24,26H2,1-2H3/t27?,30?,31?,32-,33-,34?/m1/s1. The molecule has 1 saturated heterocycles. The summed E-state index contributed by atoms with van der Waals surface area (Å²) in [5.74, 6) is -0.0821. The number of hydrogen-bond acceptors (Lipinski definition) is 7. The smallest absolute Gasteiger partial charge is 0.334 e. The molecule has 0 aromatic rings. The molecule has 0 amide bonds. The molecule has 7 heteroatoms. The second kappa shape index (κ2) is 22.3. The number of hydrogen-bond donors (Lipinski definition) is 3. The van der Waals surface area contributed by atoms with Crippen molar-refractivity contribution < 1.29 is 34.4 Å². The molecule has 0 bridgehead atoms. The summed E-state index contributed by atoms with van der Waals surface area (Å²) in [5, 5.41) is 31.3. The quantitative estimate of drug-likeness (QED) is 0.0713. The fourth-order valence-corrected chi connectivity index (χ4v) is 6.29. The van der Waals surface area contributed by atoms with Crippen LogP contribution >= 0.6 is 0 Å². The highest BCUT2D eigenvalue weighted by atomic mass is 16.5. The minimum Gasteiger partial charge on any atom is -0.455 e. The number of rotatable bonds is 26. The predicted molar refractivity (Wildman–Crippen MR) is 167 cm³/mol. The van der Waals surface area contributed by atoms with E-state index in [-0.39, 0.29) is 30.1 Å². The summed E-state index contributed by atoms with van der Waals surface area (Å²) in [4.78, 5) is 23.9.